The summed E-state index contributed by atoms with van der Waals surface area (Å²) in [6.45, 7) is 4.35. The van der Waals surface area contributed by atoms with Gasteiger partial charge in [0.1, 0.15) is 24.3 Å². The molecule has 1 saturated heterocycles. The van der Waals surface area contributed by atoms with Crippen molar-refractivity contribution in [1.29, 1.82) is 0 Å². The van der Waals surface area contributed by atoms with Crippen LogP contribution in [0.2, 0.25) is 0 Å². The van der Waals surface area contributed by atoms with Crippen LogP contribution in [0, 0.1) is 5.82 Å². The van der Waals surface area contributed by atoms with Crippen molar-refractivity contribution < 1.29 is 19.1 Å². The lowest BCUT2D eigenvalue weighted by molar-refractivity contribution is -0.0403. The minimum Gasteiger partial charge on any atom is -0.490 e. The molecule has 20 heavy (non-hydrogen) atoms. The Hall–Kier alpha value is -1.66. The van der Waals surface area contributed by atoms with E-state index in [1.165, 1.54) is 18.2 Å². The zero-order valence-electron chi connectivity index (χ0n) is 11.7. The van der Waals surface area contributed by atoms with Gasteiger partial charge in [-0.05, 0) is 32.2 Å². The molecule has 0 amide bonds. The molecule has 1 aliphatic rings. The molecule has 1 aliphatic heterocycles. The molecule has 5 nitrogen and oxygen atoms in total. The van der Waals surface area contributed by atoms with E-state index in [-0.39, 0.29) is 6.10 Å². The van der Waals surface area contributed by atoms with E-state index in [9.17, 15) is 4.39 Å². The van der Waals surface area contributed by atoms with Gasteiger partial charge in [0.2, 0.25) is 0 Å². The summed E-state index contributed by atoms with van der Waals surface area (Å²) in [5.74, 6) is 0.0857. The van der Waals surface area contributed by atoms with Crippen LogP contribution in [0.15, 0.2) is 23.4 Å². The Bertz CT molecular complexity index is 493. The zero-order chi connectivity index (χ0) is 14.5. The van der Waals surface area contributed by atoms with E-state index in [0.717, 1.165) is 13.1 Å². The summed E-state index contributed by atoms with van der Waals surface area (Å²) in [4.78, 5) is 2.17. The first-order valence-corrected chi connectivity index (χ1v) is 6.51. The van der Waals surface area contributed by atoms with Gasteiger partial charge < -0.3 is 19.6 Å². The van der Waals surface area contributed by atoms with E-state index in [4.69, 9.17) is 14.7 Å². The fourth-order valence-corrected chi connectivity index (χ4v) is 2.12. The number of rotatable bonds is 4. The number of hydrogen-bond donors (Lipinski definition) is 1. The molecular formula is C14H19FN2O3. The highest BCUT2D eigenvalue weighted by Gasteiger charge is 2.19. The van der Waals surface area contributed by atoms with Crippen molar-refractivity contribution in [3.8, 4) is 5.75 Å². The van der Waals surface area contributed by atoms with Crippen LogP contribution in [0.3, 0.4) is 0 Å². The second-order valence-electron chi connectivity index (χ2n) is 4.89. The monoisotopic (exact) mass is 282 g/mol. The molecule has 1 atom stereocenters. The van der Waals surface area contributed by atoms with Gasteiger partial charge in [-0.1, -0.05) is 5.16 Å². The number of oxime groups is 1. The standard InChI is InChI=1S/C14H19FN2O3/c1-10(16-18)13-7-11(15)3-4-14(13)20-9-12-8-17(2)5-6-19-12/h3-4,7,12,18H,5-6,8-9H2,1-2H3/b16-10+. The molecule has 0 aromatic heterocycles. The van der Waals surface area contributed by atoms with Gasteiger partial charge in [-0.25, -0.2) is 4.39 Å². The van der Waals surface area contributed by atoms with Crippen molar-refractivity contribution in [1.82, 2.24) is 4.90 Å². The summed E-state index contributed by atoms with van der Waals surface area (Å²) in [7, 11) is 2.03. The number of hydrogen-bond acceptors (Lipinski definition) is 5. The highest BCUT2D eigenvalue weighted by atomic mass is 19.1. The lowest BCUT2D eigenvalue weighted by Gasteiger charge is -2.30. The summed E-state index contributed by atoms with van der Waals surface area (Å²) in [6, 6.07) is 4.14. The normalized spacial score (nSPS) is 20.9. The van der Waals surface area contributed by atoms with Crippen LogP contribution in [0.5, 0.6) is 5.75 Å². The topological polar surface area (TPSA) is 54.3 Å². The highest BCUT2D eigenvalue weighted by Crippen LogP contribution is 2.21. The van der Waals surface area contributed by atoms with Crippen LogP contribution in [0.4, 0.5) is 4.39 Å². The molecule has 110 valence electrons. The fourth-order valence-electron chi connectivity index (χ4n) is 2.12. The summed E-state index contributed by atoms with van der Waals surface area (Å²) in [5, 5.41) is 11.9. The summed E-state index contributed by atoms with van der Waals surface area (Å²) in [5.41, 5.74) is 0.748. The van der Waals surface area contributed by atoms with Crippen LogP contribution in [-0.4, -0.2) is 55.3 Å². The van der Waals surface area contributed by atoms with Crippen LogP contribution in [0.25, 0.3) is 0 Å². The Morgan fingerprint density at radius 1 is 1.60 bits per heavy atom. The van der Waals surface area contributed by atoms with Crippen molar-refractivity contribution in [2.24, 2.45) is 5.16 Å². The van der Waals surface area contributed by atoms with Gasteiger partial charge >= 0.3 is 0 Å². The number of ether oxygens (including phenoxy) is 2. The third kappa shape index (κ3) is 3.68. The Morgan fingerprint density at radius 3 is 3.10 bits per heavy atom. The maximum Gasteiger partial charge on any atom is 0.128 e. The van der Waals surface area contributed by atoms with Gasteiger partial charge in [0.05, 0.1) is 12.3 Å². The second-order valence-corrected chi connectivity index (χ2v) is 4.89. The lowest BCUT2D eigenvalue weighted by Crippen LogP contribution is -2.42. The van der Waals surface area contributed by atoms with Crippen molar-refractivity contribution in [3.63, 3.8) is 0 Å². The molecule has 0 aliphatic carbocycles. The maximum atomic E-state index is 13.3. The van der Waals surface area contributed by atoms with Crippen molar-refractivity contribution in [2.75, 3.05) is 33.4 Å². The van der Waals surface area contributed by atoms with E-state index >= 15 is 0 Å². The van der Waals surface area contributed by atoms with Crippen LogP contribution >= 0.6 is 0 Å². The SMILES string of the molecule is C/C(=N\O)c1cc(F)ccc1OCC1CN(C)CCO1. The minimum atomic E-state index is -0.399. The number of benzene rings is 1. The fraction of sp³-hybridized carbons (Fsp3) is 0.500. The zero-order valence-corrected chi connectivity index (χ0v) is 11.7. The first kappa shape index (κ1) is 14.7. The Morgan fingerprint density at radius 2 is 2.40 bits per heavy atom. The summed E-state index contributed by atoms with van der Waals surface area (Å²) < 4.78 is 24.6. The first-order valence-electron chi connectivity index (χ1n) is 6.51. The largest absolute Gasteiger partial charge is 0.490 e. The molecule has 1 aromatic carbocycles. The molecule has 1 unspecified atom stereocenters. The predicted molar refractivity (Wildman–Crippen MR) is 73.1 cm³/mol. The van der Waals surface area contributed by atoms with Gasteiger partial charge in [0.15, 0.2) is 0 Å². The van der Waals surface area contributed by atoms with Crippen LogP contribution < -0.4 is 4.74 Å². The van der Waals surface area contributed by atoms with Gasteiger partial charge in [0, 0.05) is 18.7 Å². The third-order valence-corrected chi connectivity index (χ3v) is 3.25. The Kier molecular flexibility index (Phi) is 4.92. The summed E-state index contributed by atoms with van der Waals surface area (Å²) >= 11 is 0. The molecular weight excluding hydrogens is 263 g/mol. The predicted octanol–water partition coefficient (Wildman–Crippen LogP) is 1.73. The minimum absolute atomic E-state index is 0.0157. The van der Waals surface area contributed by atoms with Gasteiger partial charge in [-0.2, -0.15) is 0 Å². The van der Waals surface area contributed by atoms with E-state index < -0.39 is 5.82 Å². The molecule has 0 radical (unpaired) electrons. The van der Waals surface area contributed by atoms with E-state index in [1.54, 1.807) is 6.92 Å². The average Bonchev–Trinajstić information content (AvgIpc) is 2.45. The van der Waals surface area contributed by atoms with Gasteiger partial charge in [-0.3, -0.25) is 0 Å². The van der Waals surface area contributed by atoms with E-state index in [2.05, 4.69) is 10.1 Å². The number of likely N-dealkylation sites (N-methyl/N-ethyl adjacent to an activating group) is 1. The number of nitrogens with zero attached hydrogens (tertiary/aromatic N) is 2. The highest BCUT2D eigenvalue weighted by molar-refractivity contribution is 6.00. The molecule has 6 heteroatoms. The molecule has 0 bridgehead atoms. The van der Waals surface area contributed by atoms with Gasteiger partial charge in [0.25, 0.3) is 0 Å². The molecule has 2 rings (SSSR count). The first-order chi connectivity index (χ1) is 9.60. The smallest absolute Gasteiger partial charge is 0.128 e. The number of morpholine rings is 1. The third-order valence-electron chi connectivity index (χ3n) is 3.25. The lowest BCUT2D eigenvalue weighted by atomic mass is 10.1. The second kappa shape index (κ2) is 6.67. The van der Waals surface area contributed by atoms with Crippen LogP contribution in [0.1, 0.15) is 12.5 Å². The summed E-state index contributed by atoms with van der Waals surface area (Å²) in [6.07, 6.45) is -0.0157. The maximum absolute atomic E-state index is 13.3. The van der Waals surface area contributed by atoms with Gasteiger partial charge in [-0.15, -0.1) is 0 Å². The molecule has 0 saturated carbocycles. The molecule has 1 heterocycles. The van der Waals surface area contributed by atoms with E-state index in [0.29, 0.717) is 30.2 Å². The molecule has 1 fully saturated rings. The van der Waals surface area contributed by atoms with Crippen LogP contribution in [-0.2, 0) is 4.74 Å². The van der Waals surface area contributed by atoms with E-state index in [1.807, 2.05) is 7.05 Å². The molecule has 1 aromatic rings. The van der Waals surface area contributed by atoms with Crippen molar-refractivity contribution in [3.05, 3.63) is 29.6 Å². The number of halogens is 1. The average molecular weight is 282 g/mol. The Balaban J connectivity index is 2.05. The molecule has 1 N–H and O–H groups in total. The Labute approximate surface area is 117 Å². The van der Waals surface area contributed by atoms with Crippen molar-refractivity contribution in [2.45, 2.75) is 13.0 Å². The quantitative estimate of drug-likeness (QED) is 0.519. The van der Waals surface area contributed by atoms with Crippen molar-refractivity contribution >= 4 is 5.71 Å². The molecule has 0 spiro atoms.